The number of nitrogens with zero attached hydrogens (tertiary/aromatic N) is 1. The average molecular weight is 316 g/mol. The van der Waals surface area contributed by atoms with Crippen LogP contribution in [-0.4, -0.2) is 54.8 Å². The molecule has 0 fully saturated rings. The van der Waals surface area contributed by atoms with Gasteiger partial charge in [0.1, 0.15) is 11.2 Å². The Morgan fingerprint density at radius 2 is 1.50 bits per heavy atom. The lowest BCUT2D eigenvalue weighted by atomic mass is 10.2. The third-order valence-corrected chi connectivity index (χ3v) is 2.48. The van der Waals surface area contributed by atoms with Crippen LogP contribution in [-0.2, 0) is 14.3 Å². The van der Waals surface area contributed by atoms with Crippen molar-refractivity contribution in [1.82, 2.24) is 10.2 Å². The minimum atomic E-state index is -0.480. The van der Waals surface area contributed by atoms with Gasteiger partial charge in [-0.05, 0) is 54.5 Å². The Morgan fingerprint density at radius 3 is 2.00 bits per heavy atom. The van der Waals surface area contributed by atoms with Gasteiger partial charge < -0.3 is 19.7 Å². The van der Waals surface area contributed by atoms with Crippen molar-refractivity contribution in [3.8, 4) is 0 Å². The van der Waals surface area contributed by atoms with E-state index >= 15 is 0 Å². The van der Waals surface area contributed by atoms with Gasteiger partial charge in [0.25, 0.3) is 0 Å². The van der Waals surface area contributed by atoms with Gasteiger partial charge in [0.15, 0.2) is 0 Å². The van der Waals surface area contributed by atoms with E-state index in [4.69, 9.17) is 9.47 Å². The highest BCUT2D eigenvalue weighted by Gasteiger charge is 2.19. The Morgan fingerprint density at radius 1 is 0.955 bits per heavy atom. The smallest absolute Gasteiger partial charge is 0.410 e. The minimum absolute atomic E-state index is 0.180. The summed E-state index contributed by atoms with van der Waals surface area (Å²) >= 11 is 0. The molecule has 0 radical (unpaired) electrons. The summed E-state index contributed by atoms with van der Waals surface area (Å²) in [6.07, 6.45) is 0.778. The minimum Gasteiger partial charge on any atom is -0.460 e. The first-order chi connectivity index (χ1) is 9.91. The van der Waals surface area contributed by atoms with E-state index in [1.54, 1.807) is 7.05 Å². The van der Waals surface area contributed by atoms with Crippen LogP contribution in [0.5, 0.6) is 0 Å². The molecule has 0 aromatic carbocycles. The van der Waals surface area contributed by atoms with Crippen molar-refractivity contribution < 1.29 is 19.1 Å². The summed E-state index contributed by atoms with van der Waals surface area (Å²) in [4.78, 5) is 24.8. The number of amides is 1. The lowest BCUT2D eigenvalue weighted by Gasteiger charge is -2.24. The zero-order valence-electron chi connectivity index (χ0n) is 15.1. The molecule has 0 heterocycles. The number of rotatable bonds is 7. The van der Waals surface area contributed by atoms with Gasteiger partial charge in [0, 0.05) is 26.6 Å². The zero-order valence-corrected chi connectivity index (χ0v) is 15.1. The first-order valence-corrected chi connectivity index (χ1v) is 7.77. The second-order valence-corrected chi connectivity index (χ2v) is 7.34. The topological polar surface area (TPSA) is 67.9 Å². The second-order valence-electron chi connectivity index (χ2n) is 7.34. The first kappa shape index (κ1) is 20.7. The third-order valence-electron chi connectivity index (χ3n) is 2.48. The fourth-order valence-corrected chi connectivity index (χ4v) is 1.55. The van der Waals surface area contributed by atoms with E-state index in [1.165, 1.54) is 4.90 Å². The number of esters is 1. The number of ether oxygens (including phenoxy) is 2. The number of hydrogen-bond acceptors (Lipinski definition) is 5. The van der Waals surface area contributed by atoms with E-state index in [-0.39, 0.29) is 12.1 Å². The normalized spacial score (nSPS) is 12.0. The maximum atomic E-state index is 11.7. The van der Waals surface area contributed by atoms with Gasteiger partial charge in [0.2, 0.25) is 0 Å². The highest BCUT2D eigenvalue weighted by Crippen LogP contribution is 2.09. The molecule has 0 aliphatic rings. The van der Waals surface area contributed by atoms with E-state index in [2.05, 4.69) is 5.32 Å². The maximum absolute atomic E-state index is 11.7. The van der Waals surface area contributed by atoms with Crippen molar-refractivity contribution in [3.05, 3.63) is 0 Å². The first-order valence-electron chi connectivity index (χ1n) is 7.77. The molecule has 1 N–H and O–H groups in total. The van der Waals surface area contributed by atoms with Crippen molar-refractivity contribution in [1.29, 1.82) is 0 Å². The number of nitrogens with one attached hydrogen (secondary N) is 1. The zero-order chi connectivity index (χ0) is 17.4. The van der Waals surface area contributed by atoms with Crippen LogP contribution in [0.4, 0.5) is 4.79 Å². The van der Waals surface area contributed by atoms with Crippen LogP contribution >= 0.6 is 0 Å². The summed E-state index contributed by atoms with van der Waals surface area (Å²) < 4.78 is 10.5. The Labute approximate surface area is 134 Å². The van der Waals surface area contributed by atoms with E-state index < -0.39 is 11.2 Å². The molecule has 0 aliphatic heterocycles. The van der Waals surface area contributed by atoms with E-state index in [0.717, 1.165) is 0 Å². The molecule has 0 aliphatic carbocycles. The van der Waals surface area contributed by atoms with Crippen molar-refractivity contribution in [3.63, 3.8) is 0 Å². The number of hydrogen-bond donors (Lipinski definition) is 1. The molecule has 6 heteroatoms. The van der Waals surface area contributed by atoms with Crippen molar-refractivity contribution in [2.24, 2.45) is 0 Å². The third kappa shape index (κ3) is 12.4. The van der Waals surface area contributed by atoms with Crippen LogP contribution in [0.2, 0.25) is 0 Å². The number of likely N-dealkylation sites (N-methyl/N-ethyl adjacent to an activating group) is 1. The van der Waals surface area contributed by atoms with Gasteiger partial charge in [-0.2, -0.15) is 0 Å². The fourth-order valence-electron chi connectivity index (χ4n) is 1.55. The van der Waals surface area contributed by atoms with Crippen LogP contribution in [0.3, 0.4) is 0 Å². The van der Waals surface area contributed by atoms with Gasteiger partial charge in [-0.1, -0.05) is 0 Å². The molecule has 1 amide bonds. The highest BCUT2D eigenvalue weighted by molar-refractivity contribution is 5.69. The number of carbonyl (C=O) groups is 2. The highest BCUT2D eigenvalue weighted by atomic mass is 16.6. The Hall–Kier alpha value is -1.30. The predicted molar refractivity (Wildman–Crippen MR) is 86.8 cm³/mol. The molecule has 0 saturated heterocycles. The van der Waals surface area contributed by atoms with Crippen molar-refractivity contribution in [2.75, 3.05) is 26.7 Å². The molecule has 0 aromatic heterocycles. The summed E-state index contributed by atoms with van der Waals surface area (Å²) in [5, 5.41) is 3.19. The molecular weight excluding hydrogens is 284 g/mol. The van der Waals surface area contributed by atoms with Gasteiger partial charge in [-0.3, -0.25) is 4.79 Å². The largest absolute Gasteiger partial charge is 0.460 e. The van der Waals surface area contributed by atoms with Gasteiger partial charge in [-0.15, -0.1) is 0 Å². The van der Waals surface area contributed by atoms with Crippen molar-refractivity contribution in [2.45, 2.75) is 65.6 Å². The quantitative estimate of drug-likeness (QED) is 0.577. The van der Waals surface area contributed by atoms with Crippen LogP contribution in [0.25, 0.3) is 0 Å². The molecule has 0 saturated carbocycles. The Kier molecular flexibility index (Phi) is 8.45. The van der Waals surface area contributed by atoms with E-state index in [9.17, 15) is 9.59 Å². The van der Waals surface area contributed by atoms with E-state index in [1.807, 2.05) is 41.5 Å². The fraction of sp³-hybridized carbons (Fsp3) is 0.875. The molecule has 22 heavy (non-hydrogen) atoms. The average Bonchev–Trinajstić information content (AvgIpc) is 2.28. The molecule has 6 nitrogen and oxygen atoms in total. The monoisotopic (exact) mass is 316 g/mol. The predicted octanol–water partition coefficient (Wildman–Crippen LogP) is 2.56. The molecule has 0 atom stereocenters. The van der Waals surface area contributed by atoms with Crippen LogP contribution < -0.4 is 5.32 Å². The van der Waals surface area contributed by atoms with Crippen LogP contribution in [0.1, 0.15) is 54.4 Å². The molecule has 0 unspecified atom stereocenters. The van der Waals surface area contributed by atoms with Gasteiger partial charge in [-0.25, -0.2) is 4.79 Å². The van der Waals surface area contributed by atoms with Crippen molar-refractivity contribution >= 4 is 12.1 Å². The van der Waals surface area contributed by atoms with Gasteiger partial charge >= 0.3 is 12.1 Å². The summed E-state index contributed by atoms with van der Waals surface area (Å²) in [5.74, 6) is -0.180. The lowest BCUT2D eigenvalue weighted by Crippen LogP contribution is -2.38. The molecule has 0 rings (SSSR count). The summed E-state index contributed by atoms with van der Waals surface area (Å²) in [7, 11) is 1.70. The SMILES string of the molecule is CN(CCNCCCC(=O)OC(C)(C)C)C(=O)OC(C)(C)C. The number of carbonyl (C=O) groups excluding carboxylic acids is 2. The standard InChI is InChI=1S/C16H32N2O4/c1-15(2,3)21-13(19)9-8-10-17-11-12-18(7)14(20)22-16(4,5)6/h17H,8-12H2,1-7H3. The van der Waals surface area contributed by atoms with E-state index in [0.29, 0.717) is 32.5 Å². The molecule has 0 bridgehead atoms. The molecular formula is C16H32N2O4. The molecule has 0 spiro atoms. The lowest BCUT2D eigenvalue weighted by molar-refractivity contribution is -0.154. The second kappa shape index (κ2) is 8.98. The van der Waals surface area contributed by atoms with Crippen LogP contribution in [0.15, 0.2) is 0 Å². The summed E-state index contributed by atoms with van der Waals surface area (Å²) in [5.41, 5.74) is -0.910. The Balaban J connectivity index is 3.69. The maximum Gasteiger partial charge on any atom is 0.410 e. The van der Waals surface area contributed by atoms with Gasteiger partial charge in [0.05, 0.1) is 0 Å². The summed E-state index contributed by atoms with van der Waals surface area (Å²) in [6, 6.07) is 0. The summed E-state index contributed by atoms with van der Waals surface area (Å²) in [6.45, 7) is 13.0. The molecule has 0 aromatic rings. The Bertz CT molecular complexity index is 356. The van der Waals surface area contributed by atoms with Crippen LogP contribution in [0, 0.1) is 0 Å². The molecule has 130 valence electrons.